The molecule has 9 heteroatoms. The predicted octanol–water partition coefficient (Wildman–Crippen LogP) is 5.41. The molecule has 0 aliphatic carbocycles. The van der Waals surface area contributed by atoms with Gasteiger partial charge in [-0.15, -0.1) is 11.3 Å². The number of aromatic nitrogens is 1. The maximum absolute atomic E-state index is 13.8. The summed E-state index contributed by atoms with van der Waals surface area (Å²) in [5.41, 5.74) is 3.40. The van der Waals surface area contributed by atoms with Gasteiger partial charge in [0.2, 0.25) is 0 Å². The van der Waals surface area contributed by atoms with Gasteiger partial charge < -0.3 is 20.1 Å². The lowest BCUT2D eigenvalue weighted by Crippen LogP contribution is -2.49. The van der Waals surface area contributed by atoms with Gasteiger partial charge in [-0.25, -0.2) is 4.98 Å². The van der Waals surface area contributed by atoms with Crippen LogP contribution in [0, 0.1) is 5.92 Å². The number of aliphatic hydroxyl groups excluding tert-OH is 1. The van der Waals surface area contributed by atoms with Crippen LogP contribution < -0.4 is 10.1 Å². The Hall–Kier alpha value is -4.05. The molecule has 8 nitrogen and oxygen atoms in total. The van der Waals surface area contributed by atoms with E-state index < -0.39 is 0 Å². The topological polar surface area (TPSA) is 95.0 Å². The minimum absolute atomic E-state index is 0.0449. The van der Waals surface area contributed by atoms with Crippen molar-refractivity contribution in [2.24, 2.45) is 5.92 Å². The highest BCUT2D eigenvalue weighted by atomic mass is 32.1. The van der Waals surface area contributed by atoms with E-state index in [0.717, 1.165) is 17.1 Å². The molecule has 5 rings (SSSR count). The van der Waals surface area contributed by atoms with Crippen molar-refractivity contribution in [1.29, 1.82) is 0 Å². The number of likely N-dealkylation sites (N-methyl/N-ethyl adjacent to an activating group) is 1. The Kier molecular flexibility index (Phi) is 9.31. The van der Waals surface area contributed by atoms with Gasteiger partial charge in [0.25, 0.3) is 11.8 Å². The van der Waals surface area contributed by atoms with Crippen LogP contribution >= 0.6 is 11.3 Å². The molecular formula is C33H36N4O4S. The first-order valence-electron chi connectivity index (χ1n) is 14.1. The van der Waals surface area contributed by atoms with Crippen LogP contribution in [-0.4, -0.2) is 70.6 Å². The summed E-state index contributed by atoms with van der Waals surface area (Å²) in [5.74, 6) is -0.247. The molecule has 218 valence electrons. The number of aliphatic hydroxyl groups is 1. The summed E-state index contributed by atoms with van der Waals surface area (Å²) in [6, 6.07) is 22.3. The molecule has 2 amide bonds. The molecule has 42 heavy (non-hydrogen) atoms. The number of carbonyl (C=O) groups is 2. The average Bonchev–Trinajstić information content (AvgIpc) is 3.55. The number of para-hydroxylation sites is 1. The summed E-state index contributed by atoms with van der Waals surface area (Å²) < 4.78 is 6.65. The lowest BCUT2D eigenvalue weighted by molar-refractivity contribution is 0.0343. The first kappa shape index (κ1) is 29.4. The van der Waals surface area contributed by atoms with E-state index in [1.54, 1.807) is 41.4 Å². The molecule has 0 bridgehead atoms. The molecule has 0 spiro atoms. The number of thiazole rings is 1. The molecule has 0 fully saturated rings. The van der Waals surface area contributed by atoms with Gasteiger partial charge in [0.15, 0.2) is 5.75 Å². The summed E-state index contributed by atoms with van der Waals surface area (Å²) in [6.07, 6.45) is 1.47. The second kappa shape index (κ2) is 13.3. The van der Waals surface area contributed by atoms with Crippen molar-refractivity contribution < 1.29 is 19.4 Å². The molecule has 0 radical (unpaired) electrons. The lowest BCUT2D eigenvalue weighted by atomic mass is 9.98. The summed E-state index contributed by atoms with van der Waals surface area (Å²) in [4.78, 5) is 35.4. The normalized spacial score (nSPS) is 17.6. The third kappa shape index (κ3) is 6.70. The second-order valence-corrected chi connectivity index (χ2v) is 11.8. The highest BCUT2D eigenvalue weighted by Gasteiger charge is 2.34. The molecule has 3 aromatic carbocycles. The summed E-state index contributed by atoms with van der Waals surface area (Å²) >= 11 is 1.54. The summed E-state index contributed by atoms with van der Waals surface area (Å²) in [7, 11) is 2.05. The first-order chi connectivity index (χ1) is 20.3. The molecule has 2 N–H and O–H groups in total. The zero-order valence-corrected chi connectivity index (χ0v) is 24.9. The molecule has 2 heterocycles. The van der Waals surface area contributed by atoms with Crippen molar-refractivity contribution in [3.05, 3.63) is 101 Å². The fourth-order valence-electron chi connectivity index (χ4n) is 5.15. The van der Waals surface area contributed by atoms with Crippen molar-refractivity contribution in [3.8, 4) is 16.3 Å². The monoisotopic (exact) mass is 584 g/mol. The number of amides is 2. The van der Waals surface area contributed by atoms with E-state index in [4.69, 9.17) is 4.74 Å². The molecule has 0 unspecified atom stereocenters. The van der Waals surface area contributed by atoms with Crippen molar-refractivity contribution in [2.45, 2.75) is 32.5 Å². The van der Waals surface area contributed by atoms with E-state index in [9.17, 15) is 14.7 Å². The second-order valence-electron chi connectivity index (χ2n) is 10.9. The summed E-state index contributed by atoms with van der Waals surface area (Å²) in [6.45, 7) is 5.52. The number of rotatable bonds is 9. The minimum atomic E-state index is -0.372. The number of nitrogens with one attached hydrogen (secondary N) is 1. The van der Waals surface area contributed by atoms with Crippen LogP contribution in [0.15, 0.2) is 84.4 Å². The number of benzene rings is 3. The zero-order chi connectivity index (χ0) is 29.6. The molecule has 4 aromatic rings. The van der Waals surface area contributed by atoms with Gasteiger partial charge in [0.1, 0.15) is 11.1 Å². The van der Waals surface area contributed by atoms with E-state index in [1.165, 1.54) is 16.9 Å². The fourth-order valence-corrected chi connectivity index (χ4v) is 5.80. The smallest absolute Gasteiger partial charge is 0.258 e. The van der Waals surface area contributed by atoms with Crippen molar-refractivity contribution in [2.75, 3.05) is 32.1 Å². The average molecular weight is 585 g/mol. The number of nitrogens with zero attached hydrogens (tertiary/aromatic N) is 3. The van der Waals surface area contributed by atoms with Gasteiger partial charge >= 0.3 is 0 Å². The van der Waals surface area contributed by atoms with Gasteiger partial charge in [-0.1, -0.05) is 55.5 Å². The van der Waals surface area contributed by atoms with Crippen LogP contribution in [-0.2, 0) is 6.54 Å². The van der Waals surface area contributed by atoms with E-state index >= 15 is 0 Å². The van der Waals surface area contributed by atoms with Crippen LogP contribution in [0.3, 0.4) is 0 Å². The SMILES string of the molecule is C[C@@H]1CN([C@@H](C)CO)C(=O)c2cccc(NC(=O)c3ccc(-c4nccs4)cc3)c2O[C@H]1CN(C)Cc1ccccc1. The van der Waals surface area contributed by atoms with Crippen LogP contribution in [0.2, 0.25) is 0 Å². The molecule has 0 saturated carbocycles. The maximum Gasteiger partial charge on any atom is 0.258 e. The van der Waals surface area contributed by atoms with E-state index in [-0.39, 0.29) is 36.5 Å². The quantitative estimate of drug-likeness (QED) is 0.273. The van der Waals surface area contributed by atoms with Crippen LogP contribution in [0.1, 0.15) is 40.1 Å². The Balaban J connectivity index is 1.43. The third-order valence-electron chi connectivity index (χ3n) is 7.55. The van der Waals surface area contributed by atoms with Gasteiger partial charge in [0, 0.05) is 48.3 Å². The summed E-state index contributed by atoms with van der Waals surface area (Å²) in [5, 5.41) is 15.7. The highest BCUT2D eigenvalue weighted by molar-refractivity contribution is 7.13. The van der Waals surface area contributed by atoms with Gasteiger partial charge in [-0.3, -0.25) is 14.5 Å². The minimum Gasteiger partial charge on any atom is -0.486 e. The van der Waals surface area contributed by atoms with Crippen molar-refractivity contribution >= 4 is 28.8 Å². The maximum atomic E-state index is 13.8. The number of carbonyl (C=O) groups excluding carboxylic acids is 2. The Morgan fingerprint density at radius 3 is 2.60 bits per heavy atom. The van der Waals surface area contributed by atoms with E-state index in [0.29, 0.717) is 35.7 Å². The number of hydrogen-bond acceptors (Lipinski definition) is 7. The predicted molar refractivity (Wildman–Crippen MR) is 166 cm³/mol. The standard InChI is InChI=1S/C33H36N4O4S/c1-22-18-37(23(2)21-38)33(40)27-10-7-11-28(30(27)41-29(22)20-36(3)19-24-8-5-4-6-9-24)35-31(39)25-12-14-26(15-13-25)32-34-16-17-42-32/h4-17,22-23,29,38H,18-21H2,1-3H3,(H,35,39)/t22-,23+,29+/m1/s1. The molecular weight excluding hydrogens is 548 g/mol. The van der Waals surface area contributed by atoms with Crippen LogP contribution in [0.4, 0.5) is 5.69 Å². The van der Waals surface area contributed by atoms with E-state index in [2.05, 4.69) is 34.3 Å². The van der Waals surface area contributed by atoms with Crippen molar-refractivity contribution in [1.82, 2.24) is 14.8 Å². The number of ether oxygens (including phenoxy) is 1. The van der Waals surface area contributed by atoms with Crippen LogP contribution in [0.5, 0.6) is 5.75 Å². The number of anilines is 1. The Bertz CT molecular complexity index is 1490. The largest absolute Gasteiger partial charge is 0.486 e. The first-order valence-corrected chi connectivity index (χ1v) is 15.0. The number of hydrogen-bond donors (Lipinski definition) is 2. The van der Waals surface area contributed by atoms with Gasteiger partial charge in [-0.2, -0.15) is 0 Å². The number of fused-ring (bicyclic) bond motifs is 1. The third-order valence-corrected chi connectivity index (χ3v) is 8.37. The molecule has 1 aliphatic rings. The zero-order valence-electron chi connectivity index (χ0n) is 24.1. The van der Waals surface area contributed by atoms with Crippen LogP contribution in [0.25, 0.3) is 10.6 Å². The Morgan fingerprint density at radius 1 is 1.14 bits per heavy atom. The highest BCUT2D eigenvalue weighted by Crippen LogP contribution is 2.35. The van der Waals surface area contributed by atoms with Crippen molar-refractivity contribution in [3.63, 3.8) is 0 Å². The molecule has 0 saturated heterocycles. The van der Waals surface area contributed by atoms with Gasteiger partial charge in [0.05, 0.1) is 23.9 Å². The molecule has 3 atom stereocenters. The van der Waals surface area contributed by atoms with E-state index in [1.807, 2.05) is 49.7 Å². The molecule has 1 aliphatic heterocycles. The Morgan fingerprint density at radius 2 is 1.90 bits per heavy atom. The van der Waals surface area contributed by atoms with Gasteiger partial charge in [-0.05, 0) is 43.8 Å². The Labute approximate surface area is 250 Å². The molecule has 1 aromatic heterocycles. The fraction of sp³-hybridized carbons (Fsp3) is 0.303. The lowest BCUT2D eigenvalue weighted by Gasteiger charge is -2.38.